The molecule has 1 aliphatic rings. The van der Waals surface area contributed by atoms with E-state index < -0.39 is 5.60 Å². The number of pyridine rings is 1. The van der Waals surface area contributed by atoms with Crippen LogP contribution in [0.3, 0.4) is 0 Å². The van der Waals surface area contributed by atoms with Crippen LogP contribution in [0.25, 0.3) is 0 Å². The Bertz CT molecular complexity index is 953. The number of carbonyl (C=O) groups excluding carboxylic acids is 2. The lowest BCUT2D eigenvalue weighted by atomic mass is 9.96. The van der Waals surface area contributed by atoms with Gasteiger partial charge < -0.3 is 25.4 Å². The molecule has 166 valence electrons. The number of amides is 2. The summed E-state index contributed by atoms with van der Waals surface area (Å²) in [5.74, 6) is 1.08. The highest BCUT2D eigenvalue weighted by Crippen LogP contribution is 2.29. The van der Waals surface area contributed by atoms with Crippen molar-refractivity contribution in [2.24, 2.45) is 5.92 Å². The molecule has 0 aliphatic carbocycles. The van der Waals surface area contributed by atoms with Crippen molar-refractivity contribution in [3.63, 3.8) is 0 Å². The van der Waals surface area contributed by atoms with E-state index >= 15 is 0 Å². The van der Waals surface area contributed by atoms with Gasteiger partial charge in [0.2, 0.25) is 5.91 Å². The fraction of sp³-hybridized carbons (Fsp3) is 0.409. The molecule has 1 fully saturated rings. The molecule has 1 saturated heterocycles. The minimum atomic E-state index is -0.540. The lowest BCUT2D eigenvalue weighted by molar-refractivity contribution is -0.121. The lowest BCUT2D eigenvalue weighted by Gasteiger charge is -2.32. The first kappa shape index (κ1) is 22.7. The monoisotopic (exact) mass is 446 g/mol. The first-order chi connectivity index (χ1) is 14.6. The molecular formula is C22H27ClN4O4. The third-order valence-corrected chi connectivity index (χ3v) is 5.04. The van der Waals surface area contributed by atoms with Crippen LogP contribution in [0.2, 0.25) is 5.02 Å². The van der Waals surface area contributed by atoms with E-state index in [1.165, 1.54) is 0 Å². The second-order valence-electron chi connectivity index (χ2n) is 8.39. The summed E-state index contributed by atoms with van der Waals surface area (Å²) in [6, 6.07) is 8.30. The van der Waals surface area contributed by atoms with E-state index in [4.69, 9.17) is 26.8 Å². The third kappa shape index (κ3) is 6.49. The van der Waals surface area contributed by atoms with E-state index in [0.29, 0.717) is 54.0 Å². The van der Waals surface area contributed by atoms with Gasteiger partial charge in [-0.25, -0.2) is 9.78 Å². The smallest absolute Gasteiger partial charge is 0.410 e. The number of aromatic nitrogens is 1. The van der Waals surface area contributed by atoms with Gasteiger partial charge in [-0.15, -0.1) is 0 Å². The third-order valence-electron chi connectivity index (χ3n) is 4.71. The van der Waals surface area contributed by atoms with Crippen LogP contribution >= 0.6 is 11.6 Å². The van der Waals surface area contributed by atoms with Crippen LogP contribution < -0.4 is 15.8 Å². The molecule has 0 unspecified atom stereocenters. The van der Waals surface area contributed by atoms with Crippen molar-refractivity contribution in [2.75, 3.05) is 24.1 Å². The molecule has 2 heterocycles. The lowest BCUT2D eigenvalue weighted by Crippen LogP contribution is -2.43. The van der Waals surface area contributed by atoms with Gasteiger partial charge in [-0.2, -0.15) is 0 Å². The number of nitrogens with one attached hydrogen (secondary N) is 1. The average Bonchev–Trinajstić information content (AvgIpc) is 2.70. The second-order valence-corrected chi connectivity index (χ2v) is 8.80. The van der Waals surface area contributed by atoms with Gasteiger partial charge in [0, 0.05) is 37.3 Å². The molecule has 8 nitrogen and oxygen atoms in total. The maximum atomic E-state index is 12.7. The molecular weight excluding hydrogens is 420 g/mol. The van der Waals surface area contributed by atoms with Gasteiger partial charge >= 0.3 is 6.09 Å². The van der Waals surface area contributed by atoms with Gasteiger partial charge in [-0.1, -0.05) is 11.6 Å². The van der Waals surface area contributed by atoms with Gasteiger partial charge in [-0.05, 0) is 51.8 Å². The summed E-state index contributed by atoms with van der Waals surface area (Å²) >= 11 is 6.02. The number of benzene rings is 1. The van der Waals surface area contributed by atoms with E-state index in [1.807, 2.05) is 20.8 Å². The number of piperidine rings is 1. The van der Waals surface area contributed by atoms with Crippen molar-refractivity contribution in [3.8, 4) is 11.5 Å². The summed E-state index contributed by atoms with van der Waals surface area (Å²) in [5, 5.41) is 3.23. The highest BCUT2D eigenvalue weighted by Gasteiger charge is 2.30. The zero-order valence-electron chi connectivity index (χ0n) is 17.9. The minimum absolute atomic E-state index is 0.135. The molecule has 2 amide bonds. The normalized spacial score (nSPS) is 14.8. The van der Waals surface area contributed by atoms with Crippen molar-refractivity contribution >= 4 is 35.1 Å². The van der Waals surface area contributed by atoms with E-state index in [9.17, 15) is 9.59 Å². The number of nitrogen functional groups attached to an aromatic ring is 1. The number of rotatable bonds is 4. The van der Waals surface area contributed by atoms with E-state index in [2.05, 4.69) is 10.3 Å². The van der Waals surface area contributed by atoms with E-state index in [-0.39, 0.29) is 17.9 Å². The average molecular weight is 447 g/mol. The Morgan fingerprint density at radius 1 is 1.16 bits per heavy atom. The fourth-order valence-electron chi connectivity index (χ4n) is 3.13. The van der Waals surface area contributed by atoms with Crippen LogP contribution in [0.1, 0.15) is 33.6 Å². The Kier molecular flexibility index (Phi) is 6.90. The summed E-state index contributed by atoms with van der Waals surface area (Å²) in [6.07, 6.45) is 2.33. The molecule has 1 aromatic carbocycles. The number of ether oxygens (including phenoxy) is 2. The number of hydrogen-bond acceptors (Lipinski definition) is 6. The molecule has 9 heteroatoms. The largest absolute Gasteiger partial charge is 0.457 e. The zero-order valence-corrected chi connectivity index (χ0v) is 18.6. The Morgan fingerprint density at radius 2 is 1.84 bits per heavy atom. The van der Waals surface area contributed by atoms with Gasteiger partial charge in [0.15, 0.2) is 0 Å². The topological polar surface area (TPSA) is 107 Å². The number of nitrogens with zero attached hydrogens (tertiary/aromatic N) is 2. The number of anilines is 2. The van der Waals surface area contributed by atoms with Gasteiger partial charge in [0.1, 0.15) is 22.9 Å². The van der Waals surface area contributed by atoms with Crippen LogP contribution in [0, 0.1) is 5.92 Å². The van der Waals surface area contributed by atoms with Crippen LogP contribution in [0.5, 0.6) is 11.5 Å². The Hall–Kier alpha value is -3.00. The number of halogens is 1. The van der Waals surface area contributed by atoms with Crippen LogP contribution in [-0.2, 0) is 9.53 Å². The molecule has 3 N–H and O–H groups in total. The van der Waals surface area contributed by atoms with Crippen molar-refractivity contribution < 1.29 is 19.1 Å². The summed E-state index contributed by atoms with van der Waals surface area (Å²) in [5.41, 5.74) is 5.64. The number of hydrogen-bond donors (Lipinski definition) is 2. The predicted molar refractivity (Wildman–Crippen MR) is 119 cm³/mol. The number of carbonyl (C=O) groups is 2. The summed E-state index contributed by atoms with van der Waals surface area (Å²) < 4.78 is 11.2. The highest BCUT2D eigenvalue weighted by atomic mass is 35.5. The molecule has 31 heavy (non-hydrogen) atoms. The molecule has 1 aliphatic heterocycles. The molecule has 0 atom stereocenters. The first-order valence-electron chi connectivity index (χ1n) is 10.1. The highest BCUT2D eigenvalue weighted by molar-refractivity contribution is 6.33. The van der Waals surface area contributed by atoms with Crippen LogP contribution in [0.4, 0.5) is 16.3 Å². The van der Waals surface area contributed by atoms with Gasteiger partial charge in [-0.3, -0.25) is 4.79 Å². The Labute approximate surface area is 186 Å². The zero-order chi connectivity index (χ0) is 22.6. The van der Waals surface area contributed by atoms with Gasteiger partial charge in [0.05, 0.1) is 10.7 Å². The molecule has 0 saturated carbocycles. The van der Waals surface area contributed by atoms with E-state index in [0.717, 1.165) is 0 Å². The number of likely N-dealkylation sites (tertiary alicyclic amines) is 1. The van der Waals surface area contributed by atoms with E-state index in [1.54, 1.807) is 41.4 Å². The summed E-state index contributed by atoms with van der Waals surface area (Å²) in [6.45, 7) is 6.44. The predicted octanol–water partition coefficient (Wildman–Crippen LogP) is 4.70. The van der Waals surface area contributed by atoms with Gasteiger partial charge in [0.25, 0.3) is 0 Å². The van der Waals surface area contributed by atoms with Crippen molar-refractivity contribution in [1.29, 1.82) is 0 Å². The second kappa shape index (κ2) is 9.43. The maximum Gasteiger partial charge on any atom is 0.410 e. The minimum Gasteiger partial charge on any atom is -0.457 e. The molecule has 0 spiro atoms. The molecule has 0 bridgehead atoms. The van der Waals surface area contributed by atoms with Crippen LogP contribution in [0.15, 0.2) is 36.5 Å². The first-order valence-corrected chi connectivity index (χ1v) is 10.5. The fourth-order valence-corrected chi connectivity index (χ4v) is 3.30. The summed E-state index contributed by atoms with van der Waals surface area (Å²) in [7, 11) is 0. The Morgan fingerprint density at radius 3 is 2.48 bits per heavy atom. The molecule has 1 aromatic heterocycles. The maximum absolute atomic E-state index is 12.7. The summed E-state index contributed by atoms with van der Waals surface area (Å²) in [4.78, 5) is 30.7. The molecule has 2 aromatic rings. The standard InChI is InChI=1S/C22H27ClN4O4/c1-22(2,3)31-21(29)27-10-7-14(8-11-27)20(28)26-19-13-16(6-9-25-19)30-15-4-5-18(24)17(23)12-15/h4-6,9,12-14H,7-8,10-11,24H2,1-3H3,(H,25,26,28). The SMILES string of the molecule is CC(C)(C)OC(=O)N1CCC(C(=O)Nc2cc(Oc3ccc(N)c(Cl)c3)ccn2)CC1. The van der Waals surface area contributed by atoms with Crippen LogP contribution in [-0.4, -0.2) is 40.6 Å². The molecule has 0 radical (unpaired) electrons. The quantitative estimate of drug-likeness (QED) is 0.659. The van der Waals surface area contributed by atoms with Crippen molar-refractivity contribution in [2.45, 2.75) is 39.2 Å². The van der Waals surface area contributed by atoms with Crippen molar-refractivity contribution in [3.05, 3.63) is 41.6 Å². The molecule has 3 rings (SSSR count). The Balaban J connectivity index is 1.54. The van der Waals surface area contributed by atoms with Crippen molar-refractivity contribution in [1.82, 2.24) is 9.88 Å². The number of nitrogens with two attached hydrogens (primary N) is 1.